The second-order valence-corrected chi connectivity index (χ2v) is 14.5. The summed E-state index contributed by atoms with van der Waals surface area (Å²) in [6.45, 7) is 13.9. The maximum Gasteiger partial charge on any atom is 0.0927 e. The molecule has 6 fully saturated rings. The van der Waals surface area contributed by atoms with Gasteiger partial charge in [-0.1, -0.05) is 20.8 Å². The van der Waals surface area contributed by atoms with Gasteiger partial charge in [0.1, 0.15) is 0 Å². The van der Waals surface area contributed by atoms with E-state index in [1.165, 1.54) is 51.4 Å². The SMILES string of the molecule is CO[C@@H]1C[C@H]2[C@@H]3CC[C@H]([C@H](C)[C@H]4C[C@@](C)(O)C(C)(C)O4)[C@@]3(C)CC[C@@H]2[C@@]2(C)CC[C@@H]3C[C@]312. The summed E-state index contributed by atoms with van der Waals surface area (Å²) in [5.41, 5.74) is 0.275. The van der Waals surface area contributed by atoms with Crippen LogP contribution in [0.5, 0.6) is 0 Å². The highest BCUT2D eigenvalue weighted by Gasteiger charge is 2.77. The van der Waals surface area contributed by atoms with Gasteiger partial charge in [0, 0.05) is 18.9 Å². The summed E-state index contributed by atoms with van der Waals surface area (Å²) >= 11 is 0. The van der Waals surface area contributed by atoms with E-state index in [2.05, 4.69) is 34.6 Å². The minimum atomic E-state index is -0.732. The first-order valence-electron chi connectivity index (χ1n) is 13.8. The Bertz CT molecular complexity index is 773. The molecule has 6 aliphatic rings. The first kappa shape index (κ1) is 22.4. The Morgan fingerprint density at radius 2 is 1.69 bits per heavy atom. The number of hydrogen-bond donors (Lipinski definition) is 1. The van der Waals surface area contributed by atoms with Crippen molar-refractivity contribution in [3.05, 3.63) is 0 Å². The molecule has 0 aromatic rings. The van der Waals surface area contributed by atoms with Crippen LogP contribution in [0.3, 0.4) is 0 Å². The quantitative estimate of drug-likeness (QED) is 0.561. The van der Waals surface area contributed by atoms with Crippen molar-refractivity contribution in [2.24, 2.45) is 51.8 Å². The third-order valence-electron chi connectivity index (χ3n) is 13.5. The number of ether oxygens (including phenoxy) is 2. The maximum absolute atomic E-state index is 11.0. The summed E-state index contributed by atoms with van der Waals surface area (Å²) in [4.78, 5) is 0. The molecule has 3 heteroatoms. The van der Waals surface area contributed by atoms with Crippen LogP contribution in [0.15, 0.2) is 0 Å². The number of hydrogen-bond acceptors (Lipinski definition) is 3. The molecule has 1 aliphatic heterocycles. The minimum Gasteiger partial charge on any atom is -0.387 e. The Balaban J connectivity index is 1.26. The van der Waals surface area contributed by atoms with Crippen LogP contribution in [0.25, 0.3) is 0 Å². The Labute approximate surface area is 196 Å². The Kier molecular flexibility index (Phi) is 4.57. The summed E-state index contributed by atoms with van der Waals surface area (Å²) in [7, 11) is 2.00. The van der Waals surface area contributed by atoms with Gasteiger partial charge in [-0.05, 0) is 118 Å². The number of aliphatic hydroxyl groups is 1. The minimum absolute atomic E-state index is 0.180. The first-order chi connectivity index (χ1) is 14.9. The van der Waals surface area contributed by atoms with Gasteiger partial charge in [-0.15, -0.1) is 0 Å². The molecular weight excluding hydrogens is 396 g/mol. The van der Waals surface area contributed by atoms with Gasteiger partial charge >= 0.3 is 0 Å². The van der Waals surface area contributed by atoms with Crippen molar-refractivity contribution >= 4 is 0 Å². The van der Waals surface area contributed by atoms with Gasteiger partial charge in [0.15, 0.2) is 0 Å². The molecule has 0 amide bonds. The van der Waals surface area contributed by atoms with E-state index in [0.29, 0.717) is 34.2 Å². The molecule has 0 aromatic heterocycles. The van der Waals surface area contributed by atoms with Gasteiger partial charge in [-0.3, -0.25) is 0 Å². The van der Waals surface area contributed by atoms with E-state index >= 15 is 0 Å². The third-order valence-corrected chi connectivity index (χ3v) is 13.5. The molecule has 1 saturated heterocycles. The Morgan fingerprint density at radius 1 is 0.938 bits per heavy atom. The lowest BCUT2D eigenvalue weighted by Gasteiger charge is -2.61. The first-order valence-corrected chi connectivity index (χ1v) is 13.8. The zero-order valence-corrected chi connectivity index (χ0v) is 21.7. The van der Waals surface area contributed by atoms with Crippen LogP contribution < -0.4 is 0 Å². The van der Waals surface area contributed by atoms with Gasteiger partial charge in [0.2, 0.25) is 0 Å². The van der Waals surface area contributed by atoms with E-state index < -0.39 is 11.2 Å². The smallest absolute Gasteiger partial charge is 0.0927 e. The van der Waals surface area contributed by atoms with E-state index in [1.807, 2.05) is 14.0 Å². The van der Waals surface area contributed by atoms with Gasteiger partial charge in [0.25, 0.3) is 0 Å². The Morgan fingerprint density at radius 3 is 2.31 bits per heavy atom. The van der Waals surface area contributed by atoms with Crippen molar-refractivity contribution in [3.63, 3.8) is 0 Å². The number of fused-ring (bicyclic) bond motifs is 4. The van der Waals surface area contributed by atoms with Crippen molar-refractivity contribution in [3.8, 4) is 0 Å². The van der Waals surface area contributed by atoms with E-state index in [1.54, 1.807) is 0 Å². The third kappa shape index (κ3) is 2.50. The molecule has 0 bridgehead atoms. The van der Waals surface area contributed by atoms with Crippen LogP contribution in [0.4, 0.5) is 0 Å². The Hall–Kier alpha value is -0.120. The highest BCUT2D eigenvalue weighted by molar-refractivity contribution is 5.26. The lowest BCUT2D eigenvalue weighted by atomic mass is 9.45. The van der Waals surface area contributed by atoms with Crippen molar-refractivity contribution in [2.45, 2.75) is 123 Å². The van der Waals surface area contributed by atoms with E-state index in [4.69, 9.17) is 9.47 Å². The lowest BCUT2D eigenvalue weighted by molar-refractivity contribution is -0.164. The zero-order chi connectivity index (χ0) is 22.9. The summed E-state index contributed by atoms with van der Waals surface area (Å²) in [6, 6.07) is 0. The monoisotopic (exact) mass is 444 g/mol. The summed E-state index contributed by atoms with van der Waals surface area (Å²) in [5, 5.41) is 11.0. The second kappa shape index (κ2) is 6.55. The molecule has 182 valence electrons. The maximum atomic E-state index is 11.0. The van der Waals surface area contributed by atoms with Gasteiger partial charge in [0.05, 0.1) is 23.4 Å². The molecule has 3 nitrogen and oxygen atoms in total. The fraction of sp³-hybridized carbons (Fsp3) is 1.00. The zero-order valence-electron chi connectivity index (χ0n) is 21.7. The van der Waals surface area contributed by atoms with Gasteiger partial charge in [-0.25, -0.2) is 0 Å². The average Bonchev–Trinajstić information content (AvgIpc) is 3.12. The molecule has 6 rings (SSSR count). The van der Waals surface area contributed by atoms with Crippen molar-refractivity contribution < 1.29 is 14.6 Å². The van der Waals surface area contributed by atoms with Crippen LogP contribution in [-0.2, 0) is 9.47 Å². The fourth-order valence-electron chi connectivity index (χ4n) is 11.2. The van der Waals surface area contributed by atoms with Gasteiger partial charge in [-0.2, -0.15) is 0 Å². The molecule has 32 heavy (non-hydrogen) atoms. The molecule has 0 unspecified atom stereocenters. The molecule has 1 N–H and O–H groups in total. The van der Waals surface area contributed by atoms with Crippen LogP contribution in [0, 0.1) is 51.8 Å². The topological polar surface area (TPSA) is 38.7 Å². The standard InChI is InChI=1S/C29H48O3/c1-17(23-16-28(6,30)25(2,3)32-23)20-8-9-21-19-14-24(31-7)29-15-18(29)10-13-27(29,5)22(19)11-12-26(20,21)4/h17-24,30H,8-16H2,1-7H3/t17-,18+,19-,20+,21-,22-,23+,24+,26+,27+,28+,29-/m0/s1. The lowest BCUT2D eigenvalue weighted by Crippen LogP contribution is -2.57. The molecule has 5 aliphatic carbocycles. The van der Waals surface area contributed by atoms with E-state index in [9.17, 15) is 5.11 Å². The summed E-state index contributed by atoms with van der Waals surface area (Å²) in [5.74, 6) is 4.78. The second-order valence-electron chi connectivity index (χ2n) is 14.5. The highest BCUT2D eigenvalue weighted by atomic mass is 16.5. The highest BCUT2D eigenvalue weighted by Crippen LogP contribution is 2.82. The van der Waals surface area contributed by atoms with Crippen LogP contribution in [0.1, 0.15) is 99.3 Å². The molecule has 0 radical (unpaired) electrons. The molecular formula is C29H48O3. The van der Waals surface area contributed by atoms with Crippen molar-refractivity contribution in [1.82, 2.24) is 0 Å². The molecule has 1 spiro atoms. The van der Waals surface area contributed by atoms with E-state index in [-0.39, 0.29) is 6.10 Å². The summed E-state index contributed by atoms with van der Waals surface area (Å²) < 4.78 is 12.8. The molecule has 0 aromatic carbocycles. The predicted molar refractivity (Wildman–Crippen MR) is 127 cm³/mol. The van der Waals surface area contributed by atoms with E-state index in [0.717, 1.165) is 30.1 Å². The molecule has 1 heterocycles. The average molecular weight is 445 g/mol. The van der Waals surface area contributed by atoms with Crippen LogP contribution in [0.2, 0.25) is 0 Å². The normalized spacial score (nSPS) is 60.9. The summed E-state index contributed by atoms with van der Waals surface area (Å²) in [6.07, 6.45) is 12.7. The largest absolute Gasteiger partial charge is 0.387 e. The van der Waals surface area contributed by atoms with Crippen LogP contribution in [-0.4, -0.2) is 35.6 Å². The number of rotatable bonds is 3. The number of methoxy groups -OCH3 is 1. The molecule has 5 saturated carbocycles. The fourth-order valence-corrected chi connectivity index (χ4v) is 11.2. The van der Waals surface area contributed by atoms with Crippen molar-refractivity contribution in [1.29, 1.82) is 0 Å². The predicted octanol–water partition coefficient (Wildman–Crippen LogP) is 6.22. The van der Waals surface area contributed by atoms with Crippen LogP contribution >= 0.6 is 0 Å². The molecule has 12 atom stereocenters. The van der Waals surface area contributed by atoms with Gasteiger partial charge < -0.3 is 14.6 Å². The van der Waals surface area contributed by atoms with Crippen molar-refractivity contribution in [2.75, 3.05) is 7.11 Å².